The molecule has 0 saturated heterocycles. The minimum absolute atomic E-state index is 0.110. The molecule has 2 rings (SSSR count). The Morgan fingerprint density at radius 3 is 2.65 bits per heavy atom. The summed E-state index contributed by atoms with van der Waals surface area (Å²) >= 11 is 3.28. The first kappa shape index (κ1) is 12.2. The van der Waals surface area contributed by atoms with Gasteiger partial charge in [-0.25, -0.2) is 8.78 Å². The Morgan fingerprint density at radius 2 is 2.06 bits per heavy atom. The third-order valence-corrected chi connectivity index (χ3v) is 3.39. The highest BCUT2D eigenvalue weighted by molar-refractivity contribution is 9.10. The van der Waals surface area contributed by atoms with Gasteiger partial charge >= 0.3 is 6.43 Å². The number of rotatable bonds is 2. The van der Waals surface area contributed by atoms with Crippen molar-refractivity contribution < 1.29 is 13.6 Å². The molecule has 1 heterocycles. The van der Waals surface area contributed by atoms with Gasteiger partial charge in [0, 0.05) is 28.1 Å². The number of Topliss-reactive ketones (excluding diaryl/α,β-unsaturated/α-hetero) is 1. The predicted octanol–water partition coefficient (Wildman–Crippen LogP) is 3.70. The average molecular weight is 302 g/mol. The summed E-state index contributed by atoms with van der Waals surface area (Å²) in [5.41, 5.74) is 1.44. The molecule has 0 aliphatic heterocycles. The van der Waals surface area contributed by atoms with Crippen LogP contribution < -0.4 is 0 Å². The number of aryl methyl sites for hydroxylation is 1. The van der Waals surface area contributed by atoms with E-state index in [2.05, 4.69) is 15.9 Å². The quantitative estimate of drug-likeness (QED) is 0.775. The van der Waals surface area contributed by atoms with Crippen molar-refractivity contribution in [2.24, 2.45) is 7.05 Å². The molecule has 0 spiro atoms. The van der Waals surface area contributed by atoms with E-state index in [0.29, 0.717) is 11.1 Å². The number of fused-ring (bicyclic) bond motifs is 1. The number of carbonyl (C=O) groups excluding carboxylic acids is 1. The van der Waals surface area contributed by atoms with Gasteiger partial charge in [-0.3, -0.25) is 4.79 Å². The van der Waals surface area contributed by atoms with E-state index in [1.807, 2.05) is 6.07 Å². The molecule has 0 aliphatic rings. The first-order chi connectivity index (χ1) is 7.93. The van der Waals surface area contributed by atoms with Gasteiger partial charge < -0.3 is 4.57 Å². The molecule has 2 aromatic rings. The summed E-state index contributed by atoms with van der Waals surface area (Å²) in [6.07, 6.45) is -2.97. The second kappa shape index (κ2) is 4.22. The number of ketones is 1. The maximum atomic E-state index is 12.6. The Bertz CT molecular complexity index is 604. The monoisotopic (exact) mass is 301 g/mol. The highest BCUT2D eigenvalue weighted by atomic mass is 79.9. The largest absolute Gasteiger partial charge is 0.347 e. The van der Waals surface area contributed by atoms with Crippen LogP contribution in [0.5, 0.6) is 0 Å². The van der Waals surface area contributed by atoms with Gasteiger partial charge in [-0.05, 0) is 25.1 Å². The number of alkyl halides is 2. The zero-order chi connectivity index (χ0) is 12.7. The molecule has 5 heteroatoms. The lowest BCUT2D eigenvalue weighted by Crippen LogP contribution is -2.11. The van der Waals surface area contributed by atoms with Gasteiger partial charge in [0.1, 0.15) is 0 Å². The molecule has 17 heavy (non-hydrogen) atoms. The average Bonchev–Trinajstić information content (AvgIpc) is 2.50. The summed E-state index contributed by atoms with van der Waals surface area (Å²) in [6, 6.07) is 5.31. The molecule has 0 radical (unpaired) electrons. The van der Waals surface area contributed by atoms with Gasteiger partial charge in [0.2, 0.25) is 5.78 Å². The van der Waals surface area contributed by atoms with Crippen LogP contribution in [0.25, 0.3) is 10.9 Å². The highest BCUT2D eigenvalue weighted by Gasteiger charge is 2.25. The van der Waals surface area contributed by atoms with Crippen LogP contribution in [0, 0.1) is 6.92 Å². The number of nitrogens with zero attached hydrogens (tertiary/aromatic N) is 1. The minimum Gasteiger partial charge on any atom is -0.347 e. The van der Waals surface area contributed by atoms with Crippen molar-refractivity contribution >= 4 is 32.6 Å². The SMILES string of the molecule is Cc1c(C(=O)C(F)F)c2cc(Br)ccc2n1C. The van der Waals surface area contributed by atoms with Crippen LogP contribution in [0.4, 0.5) is 8.78 Å². The molecule has 0 fully saturated rings. The van der Waals surface area contributed by atoms with E-state index in [0.717, 1.165) is 9.99 Å². The molecule has 0 saturated carbocycles. The lowest BCUT2D eigenvalue weighted by atomic mass is 10.1. The summed E-state index contributed by atoms with van der Waals surface area (Å²) in [6.45, 7) is 1.67. The van der Waals surface area contributed by atoms with Gasteiger partial charge in [-0.1, -0.05) is 15.9 Å². The third-order valence-electron chi connectivity index (χ3n) is 2.90. The number of hydrogen-bond donors (Lipinski definition) is 0. The van der Waals surface area contributed by atoms with Crippen LogP contribution >= 0.6 is 15.9 Å². The lowest BCUT2D eigenvalue weighted by Gasteiger charge is -2.00. The first-order valence-electron chi connectivity index (χ1n) is 5.00. The fraction of sp³-hybridized carbons (Fsp3) is 0.250. The van der Waals surface area contributed by atoms with E-state index < -0.39 is 12.2 Å². The Morgan fingerprint density at radius 1 is 1.41 bits per heavy atom. The maximum absolute atomic E-state index is 12.6. The van der Waals surface area contributed by atoms with E-state index >= 15 is 0 Å². The van der Waals surface area contributed by atoms with Crippen LogP contribution in [0.2, 0.25) is 0 Å². The molecule has 0 aliphatic carbocycles. The standard InChI is InChI=1S/C12H10BrF2NO/c1-6-10(11(17)12(14)15)8-5-7(13)3-4-9(8)16(6)2/h3-5,12H,1-2H3. The molecule has 0 bridgehead atoms. The molecular formula is C12H10BrF2NO. The molecule has 0 atom stereocenters. The molecular weight excluding hydrogens is 292 g/mol. The van der Waals surface area contributed by atoms with Crippen molar-refractivity contribution in [1.82, 2.24) is 4.57 Å². The zero-order valence-corrected chi connectivity index (χ0v) is 10.9. The number of benzene rings is 1. The van der Waals surface area contributed by atoms with Crippen molar-refractivity contribution in [3.63, 3.8) is 0 Å². The van der Waals surface area contributed by atoms with Gasteiger partial charge in [0.05, 0.1) is 5.56 Å². The lowest BCUT2D eigenvalue weighted by molar-refractivity contribution is 0.0679. The van der Waals surface area contributed by atoms with E-state index in [1.165, 1.54) is 0 Å². The van der Waals surface area contributed by atoms with Crippen LogP contribution in [0.15, 0.2) is 22.7 Å². The second-order valence-electron chi connectivity index (χ2n) is 3.85. The molecule has 90 valence electrons. The van der Waals surface area contributed by atoms with Crippen molar-refractivity contribution in [3.05, 3.63) is 33.9 Å². The maximum Gasteiger partial charge on any atom is 0.300 e. The van der Waals surface area contributed by atoms with Gasteiger partial charge in [0.15, 0.2) is 0 Å². The summed E-state index contributed by atoms with van der Waals surface area (Å²) in [7, 11) is 1.76. The normalized spacial score (nSPS) is 11.4. The van der Waals surface area contributed by atoms with E-state index in [1.54, 1.807) is 30.7 Å². The van der Waals surface area contributed by atoms with Gasteiger partial charge in [-0.15, -0.1) is 0 Å². The molecule has 0 N–H and O–H groups in total. The summed E-state index contributed by atoms with van der Waals surface area (Å²) < 4.78 is 27.6. The van der Waals surface area contributed by atoms with Crippen LogP contribution in [-0.2, 0) is 7.05 Å². The van der Waals surface area contributed by atoms with Crippen LogP contribution in [0.3, 0.4) is 0 Å². The van der Waals surface area contributed by atoms with Crippen molar-refractivity contribution in [3.8, 4) is 0 Å². The van der Waals surface area contributed by atoms with E-state index in [9.17, 15) is 13.6 Å². The minimum atomic E-state index is -2.97. The topological polar surface area (TPSA) is 22.0 Å². The molecule has 1 aromatic carbocycles. The fourth-order valence-electron chi connectivity index (χ4n) is 1.96. The number of hydrogen-bond acceptors (Lipinski definition) is 1. The first-order valence-corrected chi connectivity index (χ1v) is 5.79. The van der Waals surface area contributed by atoms with Crippen LogP contribution in [-0.4, -0.2) is 16.8 Å². The van der Waals surface area contributed by atoms with Crippen molar-refractivity contribution in [1.29, 1.82) is 0 Å². The number of carbonyl (C=O) groups is 1. The Kier molecular flexibility index (Phi) is 3.03. The van der Waals surface area contributed by atoms with E-state index in [4.69, 9.17) is 0 Å². The second-order valence-corrected chi connectivity index (χ2v) is 4.76. The fourth-order valence-corrected chi connectivity index (χ4v) is 2.33. The molecule has 2 nitrogen and oxygen atoms in total. The Labute approximate surface area is 105 Å². The Balaban J connectivity index is 2.82. The summed E-state index contributed by atoms with van der Waals surface area (Å²) in [5.74, 6) is -1.12. The van der Waals surface area contributed by atoms with Crippen molar-refractivity contribution in [2.45, 2.75) is 13.3 Å². The van der Waals surface area contributed by atoms with Crippen LogP contribution in [0.1, 0.15) is 16.1 Å². The van der Waals surface area contributed by atoms with E-state index in [-0.39, 0.29) is 5.56 Å². The van der Waals surface area contributed by atoms with Gasteiger partial charge in [-0.2, -0.15) is 0 Å². The Hall–Kier alpha value is -1.23. The zero-order valence-electron chi connectivity index (χ0n) is 9.30. The van der Waals surface area contributed by atoms with Gasteiger partial charge in [0.25, 0.3) is 0 Å². The molecule has 0 amide bonds. The summed E-state index contributed by atoms with van der Waals surface area (Å²) in [4.78, 5) is 11.5. The highest BCUT2D eigenvalue weighted by Crippen LogP contribution is 2.29. The third kappa shape index (κ3) is 1.88. The number of halogens is 3. The number of aromatic nitrogens is 1. The summed E-state index contributed by atoms with van der Waals surface area (Å²) in [5, 5.41) is 0.560. The predicted molar refractivity (Wildman–Crippen MR) is 65.7 cm³/mol. The smallest absolute Gasteiger partial charge is 0.300 e. The molecule has 0 unspecified atom stereocenters. The van der Waals surface area contributed by atoms with Crippen molar-refractivity contribution in [2.75, 3.05) is 0 Å². The molecule has 1 aromatic heterocycles.